The van der Waals surface area contributed by atoms with Crippen molar-refractivity contribution in [2.45, 2.75) is 6.42 Å². The van der Waals surface area contributed by atoms with Gasteiger partial charge < -0.3 is 10.4 Å². The van der Waals surface area contributed by atoms with Gasteiger partial charge in [0.15, 0.2) is 0 Å². The van der Waals surface area contributed by atoms with Gasteiger partial charge in [-0.15, -0.1) is 0 Å². The summed E-state index contributed by atoms with van der Waals surface area (Å²) < 4.78 is 0. The van der Waals surface area contributed by atoms with Crippen LogP contribution in [0.25, 0.3) is 0 Å². The van der Waals surface area contributed by atoms with Crippen LogP contribution in [0, 0.1) is 23.7 Å². The minimum Gasteiger partial charge on any atom is -0.481 e. The molecule has 1 fully saturated rings. The lowest BCUT2D eigenvalue weighted by molar-refractivity contribution is -0.146. The molecule has 2 aliphatic rings. The summed E-state index contributed by atoms with van der Waals surface area (Å²) in [6.07, 6.45) is 4.64. The second-order valence-electron chi connectivity index (χ2n) is 5.34. The maximum absolute atomic E-state index is 12.4. The maximum Gasteiger partial charge on any atom is 0.307 e. The Morgan fingerprint density at radius 2 is 1.90 bits per heavy atom. The molecule has 0 aromatic heterocycles. The molecule has 3 rings (SSSR count). The zero-order valence-electron chi connectivity index (χ0n) is 10.6. The lowest BCUT2D eigenvalue weighted by Crippen LogP contribution is -2.36. The van der Waals surface area contributed by atoms with E-state index >= 15 is 0 Å². The normalized spacial score (nSPS) is 30.4. The molecule has 4 atom stereocenters. The van der Waals surface area contributed by atoms with Gasteiger partial charge in [-0.2, -0.15) is 0 Å². The van der Waals surface area contributed by atoms with Crippen molar-refractivity contribution in [1.82, 2.24) is 0 Å². The van der Waals surface area contributed by atoms with Gasteiger partial charge in [-0.1, -0.05) is 29.8 Å². The molecule has 1 aromatic rings. The van der Waals surface area contributed by atoms with Crippen molar-refractivity contribution < 1.29 is 14.7 Å². The second kappa shape index (κ2) is 4.94. The summed E-state index contributed by atoms with van der Waals surface area (Å²) >= 11 is 5.87. The highest BCUT2D eigenvalue weighted by Gasteiger charge is 2.51. The van der Waals surface area contributed by atoms with Gasteiger partial charge in [0.2, 0.25) is 5.91 Å². The number of carbonyl (C=O) groups excluding carboxylic acids is 1. The van der Waals surface area contributed by atoms with Gasteiger partial charge in [0, 0.05) is 10.7 Å². The molecule has 2 bridgehead atoms. The van der Waals surface area contributed by atoms with Crippen molar-refractivity contribution >= 4 is 29.2 Å². The van der Waals surface area contributed by atoms with Crippen LogP contribution >= 0.6 is 11.6 Å². The molecule has 0 spiro atoms. The number of rotatable bonds is 3. The van der Waals surface area contributed by atoms with Crippen molar-refractivity contribution in [2.24, 2.45) is 23.7 Å². The number of halogens is 1. The lowest BCUT2D eigenvalue weighted by atomic mass is 9.82. The van der Waals surface area contributed by atoms with E-state index in [9.17, 15) is 14.7 Å². The van der Waals surface area contributed by atoms with Crippen molar-refractivity contribution in [3.63, 3.8) is 0 Å². The van der Waals surface area contributed by atoms with Crippen molar-refractivity contribution in [3.8, 4) is 0 Å². The molecule has 104 valence electrons. The van der Waals surface area contributed by atoms with Gasteiger partial charge in [-0.3, -0.25) is 9.59 Å². The van der Waals surface area contributed by atoms with Crippen LogP contribution < -0.4 is 5.32 Å². The van der Waals surface area contributed by atoms with Crippen molar-refractivity contribution in [3.05, 3.63) is 41.4 Å². The second-order valence-corrected chi connectivity index (χ2v) is 5.77. The smallest absolute Gasteiger partial charge is 0.307 e. The van der Waals surface area contributed by atoms with Crippen LogP contribution in [0.3, 0.4) is 0 Å². The fraction of sp³-hybridized carbons (Fsp3) is 0.333. The SMILES string of the molecule is O=C(Nc1cccc(Cl)c1)[C@@H]1[C@H](C(=O)O)[C@H]2C=C[C@H]1C2. The number of hydrogen-bond acceptors (Lipinski definition) is 2. The van der Waals surface area contributed by atoms with Crippen LogP contribution in [0.5, 0.6) is 0 Å². The van der Waals surface area contributed by atoms with E-state index < -0.39 is 17.8 Å². The van der Waals surface area contributed by atoms with Crippen LogP contribution in [0.15, 0.2) is 36.4 Å². The molecule has 2 N–H and O–H groups in total. The van der Waals surface area contributed by atoms with Gasteiger partial charge in [0.1, 0.15) is 0 Å². The third-order valence-corrected chi connectivity index (χ3v) is 4.37. The average Bonchev–Trinajstić information content (AvgIpc) is 2.98. The first-order valence-electron chi connectivity index (χ1n) is 6.54. The minimum absolute atomic E-state index is 0.0207. The molecule has 4 nitrogen and oxygen atoms in total. The molecular weight excluding hydrogens is 278 g/mol. The zero-order valence-corrected chi connectivity index (χ0v) is 11.4. The first kappa shape index (κ1) is 13.2. The number of carboxylic acid groups (broad SMARTS) is 1. The van der Waals surface area contributed by atoms with Crippen LogP contribution in [0.4, 0.5) is 5.69 Å². The van der Waals surface area contributed by atoms with E-state index in [1.54, 1.807) is 24.3 Å². The number of hydrogen-bond donors (Lipinski definition) is 2. The highest BCUT2D eigenvalue weighted by atomic mass is 35.5. The Morgan fingerprint density at radius 3 is 2.55 bits per heavy atom. The fourth-order valence-corrected chi connectivity index (χ4v) is 3.50. The molecular formula is C15H14ClNO3. The summed E-state index contributed by atoms with van der Waals surface area (Å²) in [7, 11) is 0. The lowest BCUT2D eigenvalue weighted by Gasteiger charge is -2.23. The highest BCUT2D eigenvalue weighted by molar-refractivity contribution is 6.30. The zero-order chi connectivity index (χ0) is 14.3. The number of nitrogens with one attached hydrogen (secondary N) is 1. The summed E-state index contributed by atoms with van der Waals surface area (Å²) in [5.74, 6) is -2.25. The molecule has 1 aromatic carbocycles. The number of aliphatic carboxylic acids is 1. The number of allylic oxidation sites excluding steroid dienone is 2. The van der Waals surface area contributed by atoms with Gasteiger partial charge >= 0.3 is 5.97 Å². The Bertz CT molecular complexity index is 599. The maximum atomic E-state index is 12.4. The summed E-state index contributed by atoms with van der Waals surface area (Å²) in [4.78, 5) is 23.8. The van der Waals surface area contributed by atoms with E-state index in [2.05, 4.69) is 5.32 Å². The topological polar surface area (TPSA) is 66.4 Å². The van der Waals surface area contributed by atoms with E-state index in [1.165, 1.54) is 0 Å². The molecule has 0 saturated heterocycles. The monoisotopic (exact) mass is 291 g/mol. The molecule has 5 heteroatoms. The molecule has 1 saturated carbocycles. The Kier molecular flexibility index (Phi) is 3.26. The Hall–Kier alpha value is -1.81. The van der Waals surface area contributed by atoms with E-state index in [4.69, 9.17) is 11.6 Å². The first-order chi connectivity index (χ1) is 9.56. The van der Waals surface area contributed by atoms with Crippen LogP contribution in [-0.4, -0.2) is 17.0 Å². The van der Waals surface area contributed by atoms with Gasteiger partial charge in [0.05, 0.1) is 11.8 Å². The van der Waals surface area contributed by atoms with Crippen LogP contribution in [0.2, 0.25) is 5.02 Å². The average molecular weight is 292 g/mol. The predicted molar refractivity (Wildman–Crippen MR) is 75.4 cm³/mol. The summed E-state index contributed by atoms with van der Waals surface area (Å²) in [5.41, 5.74) is 0.596. The largest absolute Gasteiger partial charge is 0.481 e. The van der Waals surface area contributed by atoms with Crippen molar-refractivity contribution in [1.29, 1.82) is 0 Å². The quantitative estimate of drug-likeness (QED) is 0.842. The van der Waals surface area contributed by atoms with E-state index in [1.807, 2.05) is 12.2 Å². The number of amides is 1. The number of fused-ring (bicyclic) bond motifs is 2. The molecule has 1 amide bonds. The van der Waals surface area contributed by atoms with E-state index in [-0.39, 0.29) is 17.7 Å². The number of benzene rings is 1. The van der Waals surface area contributed by atoms with Crippen LogP contribution in [-0.2, 0) is 9.59 Å². The van der Waals surface area contributed by atoms with Gasteiger partial charge in [-0.25, -0.2) is 0 Å². The van der Waals surface area contributed by atoms with Crippen LogP contribution in [0.1, 0.15) is 6.42 Å². The molecule has 0 heterocycles. The van der Waals surface area contributed by atoms with Gasteiger partial charge in [0.25, 0.3) is 0 Å². The number of carbonyl (C=O) groups is 2. The van der Waals surface area contributed by atoms with Crippen molar-refractivity contribution in [2.75, 3.05) is 5.32 Å². The van der Waals surface area contributed by atoms with Gasteiger partial charge in [-0.05, 0) is 36.5 Å². The Balaban J connectivity index is 1.80. The molecule has 0 aliphatic heterocycles. The van der Waals surface area contributed by atoms with E-state index in [0.717, 1.165) is 6.42 Å². The predicted octanol–water partition coefficient (Wildman–Crippen LogP) is 2.80. The summed E-state index contributed by atoms with van der Waals surface area (Å²) in [6, 6.07) is 6.85. The first-order valence-corrected chi connectivity index (χ1v) is 6.91. The standard InChI is InChI=1S/C15H14ClNO3/c16-10-2-1-3-11(7-10)17-14(18)12-8-4-5-9(6-8)13(12)15(19)20/h1-5,7-9,12-13H,6H2,(H,17,18)(H,19,20)/t8-,9-,12-,13+/m0/s1. The molecule has 20 heavy (non-hydrogen) atoms. The highest BCUT2D eigenvalue weighted by Crippen LogP contribution is 2.48. The molecule has 2 aliphatic carbocycles. The Labute approximate surface area is 121 Å². The summed E-state index contributed by atoms with van der Waals surface area (Å²) in [5, 5.41) is 12.6. The third kappa shape index (κ3) is 2.20. The fourth-order valence-electron chi connectivity index (χ4n) is 3.31. The molecule has 0 unspecified atom stereocenters. The third-order valence-electron chi connectivity index (χ3n) is 4.14. The Morgan fingerprint density at radius 1 is 1.20 bits per heavy atom. The number of anilines is 1. The molecule has 0 radical (unpaired) electrons. The summed E-state index contributed by atoms with van der Waals surface area (Å²) in [6.45, 7) is 0. The van der Waals surface area contributed by atoms with E-state index in [0.29, 0.717) is 10.7 Å². The minimum atomic E-state index is -0.895. The number of carboxylic acids is 1.